The van der Waals surface area contributed by atoms with Crippen LogP contribution in [0.1, 0.15) is 66.7 Å². The molecule has 7 rings (SSSR count). The van der Waals surface area contributed by atoms with Gasteiger partial charge < -0.3 is 19.9 Å². The van der Waals surface area contributed by atoms with Crippen LogP contribution in [-0.2, 0) is 28.6 Å². The van der Waals surface area contributed by atoms with Gasteiger partial charge in [0.1, 0.15) is 6.10 Å². The van der Waals surface area contributed by atoms with Crippen molar-refractivity contribution in [3.63, 3.8) is 0 Å². The van der Waals surface area contributed by atoms with E-state index in [4.69, 9.17) is 18.8 Å². The molecule has 11 atom stereocenters. The molecule has 11 unspecified atom stereocenters. The fourth-order valence-corrected chi connectivity index (χ4v) is 11.5. The number of nitrogens with zero attached hydrogens (tertiary/aromatic N) is 2. The predicted molar refractivity (Wildman–Crippen MR) is 168 cm³/mol. The van der Waals surface area contributed by atoms with Crippen LogP contribution in [0.15, 0.2) is 40.3 Å². The van der Waals surface area contributed by atoms with Crippen LogP contribution in [0.25, 0.3) is 0 Å². The topological polar surface area (TPSA) is 127 Å². The van der Waals surface area contributed by atoms with Crippen LogP contribution in [0.2, 0.25) is 0 Å². The molecule has 45 heavy (non-hydrogen) atoms. The van der Waals surface area contributed by atoms with Crippen LogP contribution in [0.4, 0.5) is 0 Å². The molecule has 3 aliphatic heterocycles. The Hall–Kier alpha value is -2.05. The van der Waals surface area contributed by atoms with Gasteiger partial charge in [-0.2, -0.15) is 13.5 Å². The Bertz CT molecular complexity index is 1450. The van der Waals surface area contributed by atoms with E-state index < -0.39 is 33.3 Å². The van der Waals surface area contributed by atoms with Gasteiger partial charge in [-0.05, 0) is 56.6 Å². The van der Waals surface area contributed by atoms with Crippen LogP contribution in [0, 0.1) is 40.4 Å². The minimum absolute atomic E-state index is 0.00735. The van der Waals surface area contributed by atoms with Gasteiger partial charge in [-0.25, -0.2) is 0 Å². The molecule has 6 aliphatic rings. The van der Waals surface area contributed by atoms with Crippen LogP contribution in [0.5, 0.6) is 0 Å². The van der Waals surface area contributed by atoms with Gasteiger partial charge in [0.25, 0.3) is 10.1 Å². The first kappa shape index (κ1) is 31.5. The summed E-state index contributed by atoms with van der Waals surface area (Å²) in [6.45, 7) is 13.4. The summed E-state index contributed by atoms with van der Waals surface area (Å²) in [6.07, 6.45) is 1.65. The molecule has 3 saturated carbocycles. The smallest absolute Gasteiger partial charge is 0.297 e. The number of hydrazone groups is 1. The van der Waals surface area contributed by atoms with E-state index in [0.717, 1.165) is 25.0 Å². The van der Waals surface area contributed by atoms with E-state index in [1.165, 1.54) is 0 Å². The summed E-state index contributed by atoms with van der Waals surface area (Å²) >= 11 is 0. The van der Waals surface area contributed by atoms with Gasteiger partial charge >= 0.3 is 0 Å². The third-order valence-electron chi connectivity index (χ3n) is 12.9. The molecule has 3 saturated heterocycles. The van der Waals surface area contributed by atoms with E-state index in [9.17, 15) is 18.3 Å². The van der Waals surface area contributed by atoms with Gasteiger partial charge in [-0.3, -0.25) is 14.0 Å². The maximum atomic E-state index is 13.9. The lowest BCUT2D eigenvalue weighted by molar-refractivity contribution is -0.324. The first-order valence-electron chi connectivity index (χ1n) is 16.8. The molecule has 0 radical (unpaired) electrons. The molecule has 6 fully saturated rings. The number of nitrogens with one attached hydrogen (secondary N) is 1. The number of carbonyl (C=O) groups excluding carboxylic acids is 1. The largest absolute Gasteiger partial charge is 0.393 e. The second-order valence-corrected chi connectivity index (χ2v) is 17.0. The van der Waals surface area contributed by atoms with Crippen LogP contribution in [0.3, 0.4) is 0 Å². The van der Waals surface area contributed by atoms with Gasteiger partial charge in [-0.1, -0.05) is 45.9 Å². The minimum atomic E-state index is -4.13. The van der Waals surface area contributed by atoms with Crippen molar-refractivity contribution in [2.75, 3.05) is 26.3 Å². The molecule has 1 aromatic rings. The normalized spacial score (nSPS) is 45.2. The standard InChI is InChI=1S/C34H49N3O7S/c1-20-11-12-27-32(3,4)30(36-37-13-15-42-16-14-37)26(44-45(40,41)22-9-7-6-8-10-22)19-34(27)33(20,5)18-24-25(38)17-23-28(29(24)43-34)21(2)35-31(23)39/h6-10,20-21,23-29,38H,11-19H2,1-5H3,(H,35,39). The number of fused-ring (bicyclic) bond motifs is 3. The third-order valence-corrected chi connectivity index (χ3v) is 14.2. The third kappa shape index (κ3) is 4.81. The number of hydrogen-bond acceptors (Lipinski definition) is 9. The SMILES string of the molecule is CC1NC(=O)C2CC(O)C3CC4(C)C(C)CCC5C(C)(C)C(=NN6CCOCC6)C(OS(=O)(=O)c6ccccc6)CC54OC3C12. The molecule has 1 amide bonds. The van der Waals surface area contributed by atoms with Crippen molar-refractivity contribution >= 4 is 21.7 Å². The molecule has 248 valence electrons. The molecule has 10 nitrogen and oxygen atoms in total. The highest BCUT2D eigenvalue weighted by Gasteiger charge is 2.72. The maximum absolute atomic E-state index is 13.9. The quantitative estimate of drug-likeness (QED) is 0.477. The Labute approximate surface area is 267 Å². The van der Waals surface area contributed by atoms with E-state index in [2.05, 4.69) is 33.0 Å². The number of aliphatic hydroxyl groups excluding tert-OH is 1. The molecule has 3 aliphatic carbocycles. The summed E-state index contributed by atoms with van der Waals surface area (Å²) in [6, 6.07) is 8.24. The van der Waals surface area contributed by atoms with Crippen molar-refractivity contribution in [1.29, 1.82) is 0 Å². The van der Waals surface area contributed by atoms with Crippen LogP contribution in [-0.4, -0.2) is 86.4 Å². The molecule has 2 N–H and O–H groups in total. The number of hydrogen-bond donors (Lipinski definition) is 2. The monoisotopic (exact) mass is 643 g/mol. The summed E-state index contributed by atoms with van der Waals surface area (Å²) in [5.74, 6) is -0.146. The summed E-state index contributed by atoms with van der Waals surface area (Å²) in [5, 5.41) is 21.8. The van der Waals surface area contributed by atoms with Crippen molar-refractivity contribution in [3.8, 4) is 0 Å². The van der Waals surface area contributed by atoms with Gasteiger partial charge in [-0.15, -0.1) is 0 Å². The Morgan fingerprint density at radius 2 is 1.78 bits per heavy atom. The van der Waals surface area contributed by atoms with Gasteiger partial charge in [0.2, 0.25) is 5.91 Å². The van der Waals surface area contributed by atoms with Crippen molar-refractivity contribution in [2.45, 2.75) is 102 Å². The van der Waals surface area contributed by atoms with E-state index >= 15 is 0 Å². The zero-order chi connectivity index (χ0) is 31.9. The maximum Gasteiger partial charge on any atom is 0.297 e. The minimum Gasteiger partial charge on any atom is -0.393 e. The lowest BCUT2D eigenvalue weighted by Gasteiger charge is -2.70. The molecule has 0 aromatic heterocycles. The molecule has 3 heterocycles. The van der Waals surface area contributed by atoms with Crippen LogP contribution >= 0.6 is 0 Å². The fraction of sp³-hybridized carbons (Fsp3) is 0.765. The first-order valence-corrected chi connectivity index (χ1v) is 18.3. The lowest BCUT2D eigenvalue weighted by Crippen LogP contribution is -2.74. The van der Waals surface area contributed by atoms with E-state index in [1.54, 1.807) is 30.3 Å². The number of benzene rings is 1. The number of carbonyl (C=O) groups is 1. The van der Waals surface area contributed by atoms with Gasteiger partial charge in [0, 0.05) is 41.0 Å². The number of aliphatic hydroxyl groups is 1. The molecule has 11 heteroatoms. The Kier molecular flexibility index (Phi) is 7.71. The highest BCUT2D eigenvalue weighted by Crippen LogP contribution is 2.68. The Morgan fingerprint density at radius 1 is 1.07 bits per heavy atom. The number of ether oxygens (including phenoxy) is 2. The number of amides is 1. The number of rotatable bonds is 4. The molecule has 1 aromatic carbocycles. The summed E-state index contributed by atoms with van der Waals surface area (Å²) in [4.78, 5) is 13.1. The van der Waals surface area contributed by atoms with Crippen molar-refractivity contribution in [3.05, 3.63) is 30.3 Å². The van der Waals surface area contributed by atoms with Gasteiger partial charge in [0.05, 0.1) is 54.7 Å². The molecular weight excluding hydrogens is 594 g/mol. The summed E-state index contributed by atoms with van der Waals surface area (Å²) in [7, 11) is -4.13. The lowest BCUT2D eigenvalue weighted by atomic mass is 9.42. The fourth-order valence-electron chi connectivity index (χ4n) is 10.4. The van der Waals surface area contributed by atoms with Crippen molar-refractivity contribution < 1.29 is 32.0 Å². The summed E-state index contributed by atoms with van der Waals surface area (Å²) < 4.78 is 47.2. The average molecular weight is 644 g/mol. The van der Waals surface area contributed by atoms with Gasteiger partial charge in [0.15, 0.2) is 0 Å². The van der Waals surface area contributed by atoms with Crippen molar-refractivity contribution in [1.82, 2.24) is 10.3 Å². The average Bonchev–Trinajstić information content (AvgIpc) is 3.28. The highest BCUT2D eigenvalue weighted by molar-refractivity contribution is 7.86. The molecule has 0 bridgehead atoms. The Morgan fingerprint density at radius 3 is 2.49 bits per heavy atom. The summed E-state index contributed by atoms with van der Waals surface area (Å²) in [5.41, 5.74) is -0.938. The number of morpholine rings is 1. The van der Waals surface area contributed by atoms with E-state index in [-0.39, 0.29) is 58.0 Å². The van der Waals surface area contributed by atoms with E-state index in [1.807, 2.05) is 11.9 Å². The predicted octanol–water partition coefficient (Wildman–Crippen LogP) is 3.59. The zero-order valence-electron chi connectivity index (χ0n) is 27.1. The van der Waals surface area contributed by atoms with Crippen LogP contribution < -0.4 is 5.32 Å². The molecular formula is C34H49N3O7S. The second-order valence-electron chi connectivity index (χ2n) is 15.4. The van der Waals surface area contributed by atoms with Crippen molar-refractivity contribution in [2.24, 2.45) is 45.5 Å². The first-order chi connectivity index (χ1) is 21.3. The highest BCUT2D eigenvalue weighted by atomic mass is 32.2. The zero-order valence-corrected chi connectivity index (χ0v) is 28.0. The second kappa shape index (κ2) is 11.0. The Balaban J connectivity index is 1.36. The van der Waals surface area contributed by atoms with E-state index in [0.29, 0.717) is 39.1 Å². The molecule has 1 spiro atoms.